The Hall–Kier alpha value is -1.35. The second kappa shape index (κ2) is 12.3. The van der Waals surface area contributed by atoms with Crippen LogP contribution in [-0.2, 0) is 11.2 Å². The number of halogens is 1. The number of carbonyl (C=O) groups is 1. The first-order valence-corrected chi connectivity index (χ1v) is 10.3. The van der Waals surface area contributed by atoms with Gasteiger partial charge in [0.1, 0.15) is 0 Å². The van der Waals surface area contributed by atoms with Crippen molar-refractivity contribution in [1.82, 2.24) is 20.4 Å². The van der Waals surface area contributed by atoms with Crippen molar-refractivity contribution < 1.29 is 4.79 Å². The Balaban J connectivity index is 0.00000280. The van der Waals surface area contributed by atoms with E-state index in [9.17, 15) is 4.79 Å². The molecule has 2 fully saturated rings. The summed E-state index contributed by atoms with van der Waals surface area (Å²) in [5.41, 5.74) is 1.33. The van der Waals surface area contributed by atoms with E-state index in [-0.39, 0.29) is 24.0 Å². The molecule has 0 aromatic heterocycles. The summed E-state index contributed by atoms with van der Waals surface area (Å²) in [6.07, 6.45) is 4.40. The molecule has 3 rings (SSSR count). The van der Waals surface area contributed by atoms with Crippen molar-refractivity contribution in [2.24, 2.45) is 10.9 Å². The lowest BCUT2D eigenvalue weighted by atomic mass is 9.84. The lowest BCUT2D eigenvalue weighted by Gasteiger charge is -2.38. The van der Waals surface area contributed by atoms with E-state index in [2.05, 4.69) is 49.7 Å². The van der Waals surface area contributed by atoms with E-state index < -0.39 is 0 Å². The number of aliphatic imine (C=N–C) groups is 1. The molecule has 0 unspecified atom stereocenters. The van der Waals surface area contributed by atoms with Gasteiger partial charge in [-0.15, -0.1) is 24.0 Å². The van der Waals surface area contributed by atoms with Gasteiger partial charge < -0.3 is 15.5 Å². The Labute approximate surface area is 186 Å². The van der Waals surface area contributed by atoms with Crippen LogP contribution in [0.2, 0.25) is 0 Å². The van der Waals surface area contributed by atoms with Gasteiger partial charge in [-0.25, -0.2) is 0 Å². The maximum atomic E-state index is 12.3. The number of carbonyl (C=O) groups excluding carboxylic acids is 1. The average molecular weight is 499 g/mol. The van der Waals surface area contributed by atoms with E-state index in [1.807, 2.05) is 13.1 Å². The first-order chi connectivity index (χ1) is 13.3. The van der Waals surface area contributed by atoms with Crippen molar-refractivity contribution >= 4 is 35.8 Å². The van der Waals surface area contributed by atoms with E-state index in [0.29, 0.717) is 11.8 Å². The molecule has 0 radical (unpaired) electrons. The van der Waals surface area contributed by atoms with Gasteiger partial charge in [0, 0.05) is 58.8 Å². The summed E-state index contributed by atoms with van der Waals surface area (Å²) in [7, 11) is 1.81. The molecule has 1 aromatic carbocycles. The fourth-order valence-corrected chi connectivity index (χ4v) is 3.63. The molecule has 1 aliphatic carbocycles. The normalized spacial score (nSPS) is 18.2. The zero-order valence-corrected chi connectivity index (χ0v) is 19.2. The number of hydrogen-bond donors (Lipinski definition) is 2. The zero-order valence-electron chi connectivity index (χ0n) is 16.9. The maximum absolute atomic E-state index is 12.3. The zero-order chi connectivity index (χ0) is 18.9. The van der Waals surface area contributed by atoms with Crippen LogP contribution in [0.15, 0.2) is 35.3 Å². The first-order valence-electron chi connectivity index (χ1n) is 10.3. The molecule has 2 N–H and O–H groups in total. The molecular formula is C21H34IN5O. The molecule has 1 amide bonds. The molecule has 7 heteroatoms. The van der Waals surface area contributed by atoms with Gasteiger partial charge in [-0.3, -0.25) is 14.7 Å². The summed E-state index contributed by atoms with van der Waals surface area (Å²) in [4.78, 5) is 21.1. The van der Waals surface area contributed by atoms with E-state index in [1.165, 1.54) is 12.0 Å². The predicted molar refractivity (Wildman–Crippen MR) is 125 cm³/mol. The SMILES string of the molecule is CN=C(NCCc1ccccc1)NCCN1CCN(C(=O)C2CCC2)CC1.I. The smallest absolute Gasteiger partial charge is 0.225 e. The van der Waals surface area contributed by atoms with Crippen molar-refractivity contribution in [3.05, 3.63) is 35.9 Å². The fourth-order valence-electron chi connectivity index (χ4n) is 3.63. The van der Waals surface area contributed by atoms with Crippen LogP contribution in [0.5, 0.6) is 0 Å². The van der Waals surface area contributed by atoms with E-state index >= 15 is 0 Å². The van der Waals surface area contributed by atoms with E-state index in [4.69, 9.17) is 0 Å². The van der Waals surface area contributed by atoms with Crippen molar-refractivity contribution in [2.75, 3.05) is 52.9 Å². The summed E-state index contributed by atoms with van der Waals surface area (Å²) < 4.78 is 0. The molecule has 0 spiro atoms. The van der Waals surface area contributed by atoms with Gasteiger partial charge in [-0.1, -0.05) is 36.8 Å². The number of rotatable bonds is 7. The molecule has 1 aliphatic heterocycles. The largest absolute Gasteiger partial charge is 0.356 e. The van der Waals surface area contributed by atoms with Crippen LogP contribution < -0.4 is 10.6 Å². The highest BCUT2D eigenvalue weighted by Crippen LogP contribution is 2.28. The van der Waals surface area contributed by atoms with Crippen molar-refractivity contribution in [2.45, 2.75) is 25.7 Å². The van der Waals surface area contributed by atoms with Gasteiger partial charge in [0.25, 0.3) is 0 Å². The standard InChI is InChI=1S/C21H33N5O.HI/c1-22-21(23-11-10-18-6-3-2-4-7-18)24-12-13-25-14-16-26(17-15-25)20(27)19-8-5-9-19;/h2-4,6-7,19H,5,8-17H2,1H3,(H2,22,23,24);1H. The van der Waals surface area contributed by atoms with Crippen molar-refractivity contribution in [3.8, 4) is 0 Å². The molecular weight excluding hydrogens is 465 g/mol. The summed E-state index contributed by atoms with van der Waals surface area (Å²) in [5.74, 6) is 1.57. The molecule has 1 saturated heterocycles. The van der Waals surface area contributed by atoms with Gasteiger partial charge >= 0.3 is 0 Å². The number of nitrogens with one attached hydrogen (secondary N) is 2. The minimum Gasteiger partial charge on any atom is -0.356 e. The van der Waals surface area contributed by atoms with E-state index in [1.54, 1.807) is 0 Å². The Kier molecular flexibility index (Phi) is 10.0. The lowest BCUT2D eigenvalue weighted by molar-refractivity contribution is -0.139. The average Bonchev–Trinajstić information content (AvgIpc) is 2.66. The molecule has 28 heavy (non-hydrogen) atoms. The van der Waals surface area contributed by atoms with Crippen molar-refractivity contribution in [3.63, 3.8) is 0 Å². The van der Waals surface area contributed by atoms with Crippen LogP contribution in [-0.4, -0.2) is 74.5 Å². The fraction of sp³-hybridized carbons (Fsp3) is 0.619. The molecule has 0 bridgehead atoms. The predicted octanol–water partition coefficient (Wildman–Crippen LogP) is 1.96. The van der Waals surface area contributed by atoms with Crippen LogP contribution in [0.4, 0.5) is 0 Å². The van der Waals surface area contributed by atoms with Crippen LogP contribution >= 0.6 is 24.0 Å². The number of amides is 1. The topological polar surface area (TPSA) is 60.0 Å². The molecule has 0 atom stereocenters. The maximum Gasteiger partial charge on any atom is 0.225 e. The van der Waals surface area contributed by atoms with E-state index in [0.717, 1.165) is 71.0 Å². The Morgan fingerprint density at radius 3 is 2.36 bits per heavy atom. The van der Waals surface area contributed by atoms with Crippen molar-refractivity contribution in [1.29, 1.82) is 0 Å². The number of nitrogens with zero attached hydrogens (tertiary/aromatic N) is 3. The van der Waals surface area contributed by atoms with Crippen LogP contribution in [0.1, 0.15) is 24.8 Å². The molecule has 1 saturated carbocycles. The Morgan fingerprint density at radius 1 is 1.07 bits per heavy atom. The molecule has 2 aliphatic rings. The summed E-state index contributed by atoms with van der Waals surface area (Å²) in [6, 6.07) is 10.5. The summed E-state index contributed by atoms with van der Waals surface area (Å²) in [5, 5.41) is 6.76. The molecule has 1 aromatic rings. The highest BCUT2D eigenvalue weighted by atomic mass is 127. The highest BCUT2D eigenvalue weighted by Gasteiger charge is 2.30. The lowest BCUT2D eigenvalue weighted by Crippen LogP contribution is -2.52. The van der Waals surface area contributed by atoms with Gasteiger partial charge in [-0.2, -0.15) is 0 Å². The third kappa shape index (κ3) is 6.92. The Morgan fingerprint density at radius 2 is 1.75 bits per heavy atom. The molecule has 156 valence electrons. The van der Waals surface area contributed by atoms with Crippen LogP contribution in [0.3, 0.4) is 0 Å². The van der Waals surface area contributed by atoms with Gasteiger partial charge in [0.15, 0.2) is 5.96 Å². The van der Waals surface area contributed by atoms with Gasteiger partial charge in [-0.05, 0) is 24.8 Å². The second-order valence-electron chi connectivity index (χ2n) is 7.46. The second-order valence-corrected chi connectivity index (χ2v) is 7.46. The molecule has 6 nitrogen and oxygen atoms in total. The van der Waals surface area contributed by atoms with Crippen LogP contribution in [0.25, 0.3) is 0 Å². The quantitative estimate of drug-likeness (QED) is 0.342. The minimum absolute atomic E-state index is 0. The summed E-state index contributed by atoms with van der Waals surface area (Å²) in [6.45, 7) is 6.40. The number of piperazine rings is 1. The minimum atomic E-state index is 0. The highest BCUT2D eigenvalue weighted by molar-refractivity contribution is 14.0. The van der Waals surface area contributed by atoms with Gasteiger partial charge in [0.05, 0.1) is 0 Å². The number of benzene rings is 1. The first kappa shape index (κ1) is 22.9. The van der Waals surface area contributed by atoms with Crippen LogP contribution in [0, 0.1) is 5.92 Å². The third-order valence-electron chi connectivity index (χ3n) is 5.63. The Bertz CT molecular complexity index is 612. The summed E-state index contributed by atoms with van der Waals surface area (Å²) >= 11 is 0. The third-order valence-corrected chi connectivity index (χ3v) is 5.63. The molecule has 1 heterocycles. The monoisotopic (exact) mass is 499 g/mol. The number of guanidine groups is 1. The van der Waals surface area contributed by atoms with Gasteiger partial charge in [0.2, 0.25) is 5.91 Å². The number of hydrogen-bond acceptors (Lipinski definition) is 3.